The van der Waals surface area contributed by atoms with E-state index in [2.05, 4.69) is 39.2 Å². The van der Waals surface area contributed by atoms with Gasteiger partial charge in [0.2, 0.25) is 0 Å². The Hall–Kier alpha value is -5.64. The quantitative estimate of drug-likeness (QED) is 0.126. The number of anilines is 2. The summed E-state index contributed by atoms with van der Waals surface area (Å²) in [4.78, 5) is 18.4. The number of hydrazine groups is 1. The van der Waals surface area contributed by atoms with Gasteiger partial charge in [0.25, 0.3) is 0 Å². The summed E-state index contributed by atoms with van der Waals surface area (Å²) in [7, 11) is 2.13. The van der Waals surface area contributed by atoms with E-state index in [9.17, 15) is 4.79 Å². The third-order valence-electron chi connectivity index (χ3n) is 12.5. The molecule has 0 spiro atoms. The number of rotatable bonds is 11. The van der Waals surface area contributed by atoms with Gasteiger partial charge in [0, 0.05) is 48.0 Å². The maximum Gasteiger partial charge on any atom is 0.410 e. The number of halogens is 2. The standard InChI is InChI=1S/C46H58F2N10O4/c1-10-60-33-14-16-37(35(47)23-33)57-29(5)39-27(3)49-51-41(43(39)53-57)32-13-12-20-55(25-32)45(59)62-46(7,8)26-56-44-40(28(4)50-52-42(44)31-18-21-54(9)22-19-31)30(6)58(56)38-17-15-34(61-11-2)24-36(38)48/h14-17,23-24,30-32H,10-13,18-22,25-26H2,1-9H3. The van der Waals surface area contributed by atoms with Gasteiger partial charge in [-0.15, -0.1) is 0 Å². The van der Waals surface area contributed by atoms with E-state index in [0.717, 1.165) is 66.1 Å². The number of likely N-dealkylation sites (tertiary alicyclic amines) is 2. The number of ether oxygens (including phenoxy) is 3. The molecule has 3 aromatic heterocycles. The number of aromatic nitrogens is 6. The predicted molar refractivity (Wildman–Crippen MR) is 233 cm³/mol. The highest BCUT2D eigenvalue weighted by Gasteiger charge is 2.44. The van der Waals surface area contributed by atoms with Crippen molar-refractivity contribution in [3.63, 3.8) is 0 Å². The molecule has 0 radical (unpaired) electrons. The van der Waals surface area contributed by atoms with Crippen molar-refractivity contribution < 1.29 is 27.8 Å². The van der Waals surface area contributed by atoms with Gasteiger partial charge in [-0.25, -0.2) is 18.3 Å². The number of hydrogen-bond acceptors (Lipinski definition) is 12. The monoisotopic (exact) mass is 852 g/mol. The molecule has 3 aliphatic rings. The van der Waals surface area contributed by atoms with Gasteiger partial charge in [-0.2, -0.15) is 25.5 Å². The van der Waals surface area contributed by atoms with Crippen LogP contribution in [0.3, 0.4) is 0 Å². The lowest BCUT2D eigenvalue weighted by atomic mass is 9.90. The van der Waals surface area contributed by atoms with Crippen LogP contribution in [0.25, 0.3) is 16.6 Å². The normalized spacial score (nSPS) is 18.7. The Morgan fingerprint density at radius 2 is 1.45 bits per heavy atom. The molecule has 14 nitrogen and oxygen atoms in total. The number of nitrogens with zero attached hydrogens (tertiary/aromatic N) is 10. The second-order valence-electron chi connectivity index (χ2n) is 17.5. The second kappa shape index (κ2) is 17.3. The van der Waals surface area contributed by atoms with Crippen molar-refractivity contribution in [1.82, 2.24) is 40.0 Å². The number of carbonyl (C=O) groups excluding carboxylic acids is 1. The van der Waals surface area contributed by atoms with E-state index < -0.39 is 23.3 Å². The van der Waals surface area contributed by atoms with Gasteiger partial charge < -0.3 is 24.0 Å². The van der Waals surface area contributed by atoms with Crippen LogP contribution >= 0.6 is 0 Å². The number of amides is 1. The highest BCUT2D eigenvalue weighted by Crippen LogP contribution is 2.49. The van der Waals surface area contributed by atoms with E-state index >= 15 is 8.78 Å². The SMILES string of the molecule is CCOc1ccc(N2C(C)c3c(C)nnc(C4CCN(C)CC4)c3N2CC(C)(C)OC(=O)N2CCCC(c3nnc(C)c4c(C)n(-c5ccc(OCC)cc5F)nc34)C2)c(F)c1. The molecule has 2 unspecified atom stereocenters. The predicted octanol–water partition coefficient (Wildman–Crippen LogP) is 8.51. The summed E-state index contributed by atoms with van der Waals surface area (Å²) < 4.78 is 50.9. The van der Waals surface area contributed by atoms with Crippen molar-refractivity contribution in [3.05, 3.63) is 82.1 Å². The fourth-order valence-corrected chi connectivity index (χ4v) is 9.56. The van der Waals surface area contributed by atoms with Crippen LogP contribution in [0, 0.1) is 32.4 Å². The van der Waals surface area contributed by atoms with Crippen LogP contribution in [0.1, 0.15) is 112 Å². The van der Waals surface area contributed by atoms with Gasteiger partial charge in [0.15, 0.2) is 11.6 Å². The van der Waals surface area contributed by atoms with Crippen molar-refractivity contribution in [2.75, 3.05) is 63.0 Å². The van der Waals surface area contributed by atoms with E-state index in [1.54, 1.807) is 33.8 Å². The molecule has 330 valence electrons. The molecule has 2 fully saturated rings. The fraction of sp³-hybridized carbons (Fsp3) is 0.522. The Morgan fingerprint density at radius 1 is 0.823 bits per heavy atom. The molecule has 16 heteroatoms. The summed E-state index contributed by atoms with van der Waals surface area (Å²) >= 11 is 0. The zero-order valence-corrected chi connectivity index (χ0v) is 37.3. The maximum atomic E-state index is 16.2. The van der Waals surface area contributed by atoms with Crippen molar-refractivity contribution in [1.29, 1.82) is 0 Å². The Labute approximate surface area is 362 Å². The molecular weight excluding hydrogens is 795 g/mol. The molecule has 3 aliphatic heterocycles. The van der Waals surface area contributed by atoms with Crippen LogP contribution < -0.4 is 19.5 Å². The number of hydrogen-bond donors (Lipinski definition) is 0. The molecule has 2 aromatic carbocycles. The smallest absolute Gasteiger partial charge is 0.410 e. The van der Waals surface area contributed by atoms with Crippen LogP contribution in [-0.4, -0.2) is 105 Å². The number of carbonyl (C=O) groups is 1. The zero-order valence-electron chi connectivity index (χ0n) is 37.3. The minimum absolute atomic E-state index is 0.162. The third kappa shape index (κ3) is 8.09. The molecular formula is C46H58F2N10O4. The van der Waals surface area contributed by atoms with E-state index in [1.807, 2.05) is 53.5 Å². The first-order valence-electron chi connectivity index (χ1n) is 21.9. The Kier molecular flexibility index (Phi) is 12.0. The fourth-order valence-electron chi connectivity index (χ4n) is 9.56. The summed E-state index contributed by atoms with van der Waals surface area (Å²) in [5.41, 5.74) is 5.87. The van der Waals surface area contributed by atoms with Gasteiger partial charge >= 0.3 is 6.09 Å². The van der Waals surface area contributed by atoms with Crippen LogP contribution in [-0.2, 0) is 4.74 Å². The van der Waals surface area contributed by atoms with Gasteiger partial charge in [-0.1, -0.05) is 0 Å². The van der Waals surface area contributed by atoms with E-state index in [1.165, 1.54) is 12.1 Å². The van der Waals surface area contributed by atoms with E-state index in [0.29, 0.717) is 72.5 Å². The molecule has 2 saturated heterocycles. The van der Waals surface area contributed by atoms with Crippen LogP contribution in [0.5, 0.6) is 11.5 Å². The molecule has 1 amide bonds. The van der Waals surface area contributed by atoms with E-state index in [-0.39, 0.29) is 24.4 Å². The minimum Gasteiger partial charge on any atom is -0.494 e. The molecule has 8 rings (SSSR count). The number of benzene rings is 2. The first-order chi connectivity index (χ1) is 29.7. The molecule has 0 N–H and O–H groups in total. The first kappa shape index (κ1) is 43.0. The molecule has 5 aromatic rings. The summed E-state index contributed by atoms with van der Waals surface area (Å²) in [5.74, 6) is -0.0100. The summed E-state index contributed by atoms with van der Waals surface area (Å²) in [6.45, 7) is 19.0. The molecule has 0 bridgehead atoms. The summed E-state index contributed by atoms with van der Waals surface area (Å²) in [6, 6.07) is 9.41. The highest BCUT2D eigenvalue weighted by molar-refractivity contribution is 5.86. The Balaban J connectivity index is 1.08. The largest absolute Gasteiger partial charge is 0.494 e. The number of fused-ring (bicyclic) bond motifs is 2. The number of piperidine rings is 2. The third-order valence-corrected chi connectivity index (χ3v) is 12.5. The van der Waals surface area contributed by atoms with Crippen molar-refractivity contribution >= 4 is 28.4 Å². The topological polar surface area (TPSA) is 127 Å². The van der Waals surface area contributed by atoms with Crippen LogP contribution in [0.2, 0.25) is 0 Å². The molecule has 2 atom stereocenters. The van der Waals surface area contributed by atoms with Gasteiger partial charge in [-0.05, 0) is 125 Å². The first-order valence-corrected chi connectivity index (χ1v) is 21.9. The van der Waals surface area contributed by atoms with Crippen molar-refractivity contribution in [2.45, 2.75) is 105 Å². The van der Waals surface area contributed by atoms with Gasteiger partial charge in [0.1, 0.15) is 28.3 Å². The van der Waals surface area contributed by atoms with Gasteiger partial charge in [0.05, 0.1) is 65.6 Å². The molecule has 6 heterocycles. The molecule has 62 heavy (non-hydrogen) atoms. The lowest BCUT2D eigenvalue weighted by Crippen LogP contribution is -2.51. The van der Waals surface area contributed by atoms with Crippen molar-refractivity contribution in [2.24, 2.45) is 0 Å². The maximum absolute atomic E-state index is 16.2. The molecule has 0 aliphatic carbocycles. The Morgan fingerprint density at radius 3 is 2.10 bits per heavy atom. The van der Waals surface area contributed by atoms with E-state index in [4.69, 9.17) is 24.4 Å². The molecule has 0 saturated carbocycles. The highest BCUT2D eigenvalue weighted by atomic mass is 19.1. The Bertz CT molecular complexity index is 2470. The average molecular weight is 853 g/mol. The van der Waals surface area contributed by atoms with Crippen LogP contribution in [0.15, 0.2) is 36.4 Å². The lowest BCUT2D eigenvalue weighted by molar-refractivity contribution is 0.0128. The zero-order chi connectivity index (χ0) is 44.0. The van der Waals surface area contributed by atoms with Crippen LogP contribution in [0.4, 0.5) is 25.0 Å². The second-order valence-corrected chi connectivity index (χ2v) is 17.5. The summed E-state index contributed by atoms with van der Waals surface area (Å²) in [5, 5.41) is 28.4. The lowest BCUT2D eigenvalue weighted by Gasteiger charge is -2.41. The number of aryl methyl sites for hydroxylation is 3. The minimum atomic E-state index is -1.05. The van der Waals surface area contributed by atoms with Gasteiger partial charge in [-0.3, -0.25) is 10.0 Å². The summed E-state index contributed by atoms with van der Waals surface area (Å²) in [6.07, 6.45) is 2.86. The van der Waals surface area contributed by atoms with Crippen molar-refractivity contribution in [3.8, 4) is 17.2 Å². The average Bonchev–Trinajstić information content (AvgIpc) is 3.72.